The van der Waals surface area contributed by atoms with Crippen LogP contribution in [0.4, 0.5) is 0 Å². The van der Waals surface area contributed by atoms with Gasteiger partial charge in [0.25, 0.3) is 0 Å². The van der Waals surface area contributed by atoms with Gasteiger partial charge in [-0.15, -0.1) is 0 Å². The number of halogens is 1. The first kappa shape index (κ1) is 13.6. The Morgan fingerprint density at radius 1 is 1.39 bits per heavy atom. The van der Waals surface area contributed by atoms with Crippen LogP contribution in [0.1, 0.15) is 18.4 Å². The van der Waals surface area contributed by atoms with E-state index >= 15 is 0 Å². The lowest BCUT2D eigenvalue weighted by Gasteiger charge is -2.21. The summed E-state index contributed by atoms with van der Waals surface area (Å²) < 4.78 is 1.09. The van der Waals surface area contributed by atoms with Crippen molar-refractivity contribution < 1.29 is 4.79 Å². The van der Waals surface area contributed by atoms with Crippen molar-refractivity contribution in [2.45, 2.75) is 19.3 Å². The van der Waals surface area contributed by atoms with Gasteiger partial charge in [-0.3, -0.25) is 4.79 Å². The molecule has 2 rings (SSSR count). The summed E-state index contributed by atoms with van der Waals surface area (Å²) in [7, 11) is 0. The second-order valence-electron chi connectivity index (χ2n) is 4.71. The first-order valence-electron chi connectivity index (χ1n) is 6.48. The zero-order valence-electron chi connectivity index (χ0n) is 10.4. The topological polar surface area (TPSA) is 41.1 Å². The van der Waals surface area contributed by atoms with E-state index in [1.165, 1.54) is 5.56 Å². The van der Waals surface area contributed by atoms with Gasteiger partial charge in [0.15, 0.2) is 0 Å². The van der Waals surface area contributed by atoms with E-state index in [0.29, 0.717) is 0 Å². The predicted octanol–water partition coefficient (Wildman–Crippen LogP) is 2.11. The molecule has 1 aromatic rings. The fourth-order valence-corrected chi connectivity index (χ4v) is 2.47. The molecule has 0 aromatic heterocycles. The highest BCUT2D eigenvalue weighted by atomic mass is 79.9. The molecule has 98 valence electrons. The molecule has 1 aliphatic rings. The second-order valence-corrected chi connectivity index (χ2v) is 5.63. The zero-order chi connectivity index (χ0) is 12.8. The number of benzene rings is 1. The van der Waals surface area contributed by atoms with E-state index in [0.717, 1.165) is 43.4 Å². The van der Waals surface area contributed by atoms with Crippen molar-refractivity contribution in [3.05, 3.63) is 34.3 Å². The molecule has 1 aromatic carbocycles. The normalized spacial score (nSPS) is 19.5. The standard InChI is InChI=1S/C14H19BrN2O/c15-13-5-3-11(4-6-13)7-9-17-14(18)12-2-1-8-16-10-12/h3-6,12,16H,1-2,7-10H2,(H,17,18). The van der Waals surface area contributed by atoms with Crippen molar-refractivity contribution in [2.75, 3.05) is 19.6 Å². The molecule has 1 aliphatic heterocycles. The molecule has 18 heavy (non-hydrogen) atoms. The lowest BCUT2D eigenvalue weighted by atomic mass is 9.99. The Hall–Kier alpha value is -0.870. The van der Waals surface area contributed by atoms with Gasteiger partial charge in [0.05, 0.1) is 5.92 Å². The summed E-state index contributed by atoms with van der Waals surface area (Å²) in [6.07, 6.45) is 3.00. The largest absolute Gasteiger partial charge is 0.355 e. The van der Waals surface area contributed by atoms with Gasteiger partial charge >= 0.3 is 0 Å². The SMILES string of the molecule is O=C(NCCc1ccc(Br)cc1)C1CCCNC1. The van der Waals surface area contributed by atoms with Crippen LogP contribution in [0.25, 0.3) is 0 Å². The summed E-state index contributed by atoms with van der Waals surface area (Å²) in [6, 6.07) is 8.22. The monoisotopic (exact) mass is 310 g/mol. The smallest absolute Gasteiger partial charge is 0.224 e. The van der Waals surface area contributed by atoms with Crippen LogP contribution in [0, 0.1) is 5.92 Å². The van der Waals surface area contributed by atoms with Crippen molar-refractivity contribution in [1.82, 2.24) is 10.6 Å². The Morgan fingerprint density at radius 2 is 2.17 bits per heavy atom. The maximum Gasteiger partial charge on any atom is 0.224 e. The predicted molar refractivity (Wildman–Crippen MR) is 76.4 cm³/mol. The van der Waals surface area contributed by atoms with Crippen LogP contribution < -0.4 is 10.6 Å². The minimum absolute atomic E-state index is 0.156. The highest BCUT2D eigenvalue weighted by Crippen LogP contribution is 2.11. The molecule has 1 saturated heterocycles. The Balaban J connectivity index is 1.71. The van der Waals surface area contributed by atoms with Crippen LogP contribution in [0.5, 0.6) is 0 Å². The molecule has 1 fully saturated rings. The lowest BCUT2D eigenvalue weighted by Crippen LogP contribution is -2.41. The van der Waals surface area contributed by atoms with E-state index in [2.05, 4.69) is 38.7 Å². The summed E-state index contributed by atoms with van der Waals surface area (Å²) in [5.41, 5.74) is 1.25. The number of carbonyl (C=O) groups is 1. The van der Waals surface area contributed by atoms with E-state index in [4.69, 9.17) is 0 Å². The molecule has 1 unspecified atom stereocenters. The average molecular weight is 311 g/mol. The van der Waals surface area contributed by atoms with E-state index in [1.807, 2.05) is 12.1 Å². The van der Waals surface area contributed by atoms with Gasteiger partial charge < -0.3 is 10.6 Å². The fraction of sp³-hybridized carbons (Fsp3) is 0.500. The van der Waals surface area contributed by atoms with Crippen molar-refractivity contribution in [3.8, 4) is 0 Å². The molecular formula is C14H19BrN2O. The Bertz CT molecular complexity index is 385. The number of rotatable bonds is 4. The average Bonchev–Trinajstić information content (AvgIpc) is 2.42. The number of hydrogen-bond donors (Lipinski definition) is 2. The molecule has 1 amide bonds. The zero-order valence-corrected chi connectivity index (χ0v) is 12.0. The first-order valence-corrected chi connectivity index (χ1v) is 7.28. The summed E-state index contributed by atoms with van der Waals surface area (Å²) in [5, 5.41) is 6.29. The van der Waals surface area contributed by atoms with Crippen LogP contribution in [-0.2, 0) is 11.2 Å². The van der Waals surface area contributed by atoms with Gasteiger partial charge in [-0.25, -0.2) is 0 Å². The first-order chi connectivity index (χ1) is 8.75. The Kier molecular flexibility index (Phi) is 5.20. The van der Waals surface area contributed by atoms with Crippen LogP contribution in [0.2, 0.25) is 0 Å². The summed E-state index contributed by atoms with van der Waals surface area (Å²) in [6.45, 7) is 2.59. The van der Waals surface area contributed by atoms with Gasteiger partial charge in [0, 0.05) is 17.6 Å². The molecule has 0 bridgehead atoms. The number of piperidine rings is 1. The molecule has 0 aliphatic carbocycles. The van der Waals surface area contributed by atoms with Crippen LogP contribution in [-0.4, -0.2) is 25.5 Å². The molecule has 0 saturated carbocycles. The maximum absolute atomic E-state index is 11.9. The highest BCUT2D eigenvalue weighted by molar-refractivity contribution is 9.10. The minimum Gasteiger partial charge on any atom is -0.355 e. The molecule has 1 atom stereocenters. The Morgan fingerprint density at radius 3 is 2.83 bits per heavy atom. The number of nitrogens with one attached hydrogen (secondary N) is 2. The van der Waals surface area contributed by atoms with Crippen molar-refractivity contribution in [3.63, 3.8) is 0 Å². The summed E-state index contributed by atoms with van der Waals surface area (Å²) >= 11 is 3.41. The van der Waals surface area contributed by atoms with Crippen LogP contribution in [0.15, 0.2) is 28.7 Å². The Labute approximate surface area is 116 Å². The molecule has 0 radical (unpaired) electrons. The molecular weight excluding hydrogens is 292 g/mol. The van der Waals surface area contributed by atoms with Gasteiger partial charge in [-0.05, 0) is 43.5 Å². The van der Waals surface area contributed by atoms with Crippen molar-refractivity contribution in [1.29, 1.82) is 0 Å². The van der Waals surface area contributed by atoms with Gasteiger partial charge in [0.1, 0.15) is 0 Å². The quantitative estimate of drug-likeness (QED) is 0.894. The summed E-state index contributed by atoms with van der Waals surface area (Å²) in [5.74, 6) is 0.350. The highest BCUT2D eigenvalue weighted by Gasteiger charge is 2.19. The minimum atomic E-state index is 0.156. The van der Waals surface area contributed by atoms with Crippen LogP contribution in [0.3, 0.4) is 0 Å². The fourth-order valence-electron chi connectivity index (χ4n) is 2.20. The van der Waals surface area contributed by atoms with Gasteiger partial charge in [0.2, 0.25) is 5.91 Å². The molecule has 4 heteroatoms. The van der Waals surface area contributed by atoms with Gasteiger partial charge in [-0.2, -0.15) is 0 Å². The van der Waals surface area contributed by atoms with E-state index in [-0.39, 0.29) is 11.8 Å². The van der Waals surface area contributed by atoms with E-state index in [1.54, 1.807) is 0 Å². The van der Waals surface area contributed by atoms with E-state index < -0.39 is 0 Å². The van der Waals surface area contributed by atoms with Crippen LogP contribution >= 0.6 is 15.9 Å². The molecule has 2 N–H and O–H groups in total. The molecule has 3 nitrogen and oxygen atoms in total. The number of carbonyl (C=O) groups excluding carboxylic acids is 1. The molecule has 0 spiro atoms. The lowest BCUT2D eigenvalue weighted by molar-refractivity contribution is -0.125. The van der Waals surface area contributed by atoms with Crippen molar-refractivity contribution >= 4 is 21.8 Å². The van der Waals surface area contributed by atoms with E-state index in [9.17, 15) is 4.79 Å². The second kappa shape index (κ2) is 6.90. The number of amides is 1. The number of hydrogen-bond acceptors (Lipinski definition) is 2. The third kappa shape index (κ3) is 4.10. The maximum atomic E-state index is 11.9. The van der Waals surface area contributed by atoms with Crippen molar-refractivity contribution in [2.24, 2.45) is 5.92 Å². The third-order valence-electron chi connectivity index (χ3n) is 3.29. The molecule has 1 heterocycles. The van der Waals surface area contributed by atoms with Gasteiger partial charge in [-0.1, -0.05) is 28.1 Å². The summed E-state index contributed by atoms with van der Waals surface area (Å²) in [4.78, 5) is 11.9. The third-order valence-corrected chi connectivity index (χ3v) is 3.82.